The average Bonchev–Trinajstić information content (AvgIpc) is 2.80. The SMILES string of the molecule is CCCCCCCCCCCCCCCC(CCCCCCCCCCCCCC)[N+](C)(C)C. The van der Waals surface area contributed by atoms with Gasteiger partial charge in [-0.3, -0.25) is 0 Å². The third-order valence-electron chi connectivity index (χ3n) is 8.13. The fourth-order valence-electron chi connectivity index (χ4n) is 5.54. The molecule has 0 rings (SSSR count). The van der Waals surface area contributed by atoms with Gasteiger partial charge in [-0.1, -0.05) is 162 Å². The molecule has 1 heteroatoms. The van der Waals surface area contributed by atoms with Crippen LogP contribution in [0.4, 0.5) is 0 Å². The second-order valence-electron chi connectivity index (χ2n) is 12.5. The van der Waals surface area contributed by atoms with Crippen molar-refractivity contribution in [3.8, 4) is 0 Å². The molecule has 0 saturated heterocycles. The third-order valence-corrected chi connectivity index (χ3v) is 8.13. The van der Waals surface area contributed by atoms with Crippen molar-refractivity contribution in [1.82, 2.24) is 0 Å². The highest BCUT2D eigenvalue weighted by atomic mass is 15.3. The summed E-state index contributed by atoms with van der Waals surface area (Å²) in [6.45, 7) is 4.62. The van der Waals surface area contributed by atoms with Gasteiger partial charge < -0.3 is 4.48 Å². The summed E-state index contributed by atoms with van der Waals surface area (Å²) in [4.78, 5) is 0. The zero-order valence-electron chi connectivity index (χ0n) is 25.1. The number of hydrogen-bond donors (Lipinski definition) is 0. The second kappa shape index (κ2) is 26.0. The Morgan fingerprint density at radius 2 is 0.529 bits per heavy atom. The van der Waals surface area contributed by atoms with Gasteiger partial charge in [0.15, 0.2) is 0 Å². The minimum Gasteiger partial charge on any atom is -0.328 e. The Labute approximate surface area is 218 Å². The van der Waals surface area contributed by atoms with Gasteiger partial charge in [-0.15, -0.1) is 0 Å². The van der Waals surface area contributed by atoms with Crippen molar-refractivity contribution in [3.63, 3.8) is 0 Å². The van der Waals surface area contributed by atoms with Gasteiger partial charge in [-0.05, 0) is 25.7 Å². The van der Waals surface area contributed by atoms with Crippen LogP contribution in [0, 0.1) is 0 Å². The first-order chi connectivity index (χ1) is 16.5. The molecule has 0 spiro atoms. The minimum atomic E-state index is 0.871. The van der Waals surface area contributed by atoms with Gasteiger partial charge in [0.25, 0.3) is 0 Å². The van der Waals surface area contributed by atoms with Gasteiger partial charge in [-0.2, -0.15) is 0 Å². The molecule has 0 bridgehead atoms. The van der Waals surface area contributed by atoms with E-state index in [1.807, 2.05) is 0 Å². The Kier molecular flexibility index (Phi) is 26.0. The zero-order chi connectivity index (χ0) is 25.2. The molecule has 0 saturated carbocycles. The van der Waals surface area contributed by atoms with E-state index >= 15 is 0 Å². The van der Waals surface area contributed by atoms with E-state index in [4.69, 9.17) is 0 Å². The largest absolute Gasteiger partial charge is 0.328 e. The fraction of sp³-hybridized carbons (Fsp3) is 1.00. The van der Waals surface area contributed by atoms with Crippen LogP contribution in [0.3, 0.4) is 0 Å². The first kappa shape index (κ1) is 34.0. The maximum atomic E-state index is 2.42. The summed E-state index contributed by atoms with van der Waals surface area (Å²) in [7, 11) is 7.27. The van der Waals surface area contributed by atoms with Gasteiger partial charge in [0, 0.05) is 0 Å². The molecule has 0 aliphatic carbocycles. The van der Waals surface area contributed by atoms with Gasteiger partial charge >= 0.3 is 0 Å². The van der Waals surface area contributed by atoms with Gasteiger partial charge in [0.05, 0.1) is 27.2 Å². The average molecular weight is 481 g/mol. The summed E-state index contributed by atoms with van der Waals surface area (Å²) in [5.41, 5.74) is 0. The van der Waals surface area contributed by atoms with E-state index in [0.29, 0.717) is 0 Å². The maximum absolute atomic E-state index is 2.42. The number of unbranched alkanes of at least 4 members (excludes halogenated alkanes) is 23. The second-order valence-corrected chi connectivity index (χ2v) is 12.5. The molecule has 0 fully saturated rings. The highest BCUT2D eigenvalue weighted by molar-refractivity contribution is 4.60. The van der Waals surface area contributed by atoms with E-state index in [1.54, 1.807) is 0 Å². The van der Waals surface area contributed by atoms with E-state index in [0.717, 1.165) is 10.5 Å². The summed E-state index contributed by atoms with van der Waals surface area (Å²) in [5.74, 6) is 0. The van der Waals surface area contributed by atoms with Crippen molar-refractivity contribution in [1.29, 1.82) is 0 Å². The molecule has 0 heterocycles. The van der Waals surface area contributed by atoms with Crippen LogP contribution in [0.1, 0.15) is 187 Å². The lowest BCUT2D eigenvalue weighted by Crippen LogP contribution is -2.45. The Morgan fingerprint density at radius 1 is 0.324 bits per heavy atom. The first-order valence-electron chi connectivity index (χ1n) is 16.3. The molecule has 0 amide bonds. The molecule has 0 aliphatic heterocycles. The van der Waals surface area contributed by atoms with E-state index in [-0.39, 0.29) is 0 Å². The molecule has 0 N–H and O–H groups in total. The van der Waals surface area contributed by atoms with Gasteiger partial charge in [0.1, 0.15) is 0 Å². The molecule has 0 aromatic heterocycles. The van der Waals surface area contributed by atoms with Crippen LogP contribution in [0.25, 0.3) is 0 Å². The van der Waals surface area contributed by atoms with Crippen molar-refractivity contribution < 1.29 is 4.48 Å². The van der Waals surface area contributed by atoms with Crippen molar-refractivity contribution in [2.75, 3.05) is 21.1 Å². The molecule has 1 nitrogen and oxygen atoms in total. The van der Waals surface area contributed by atoms with Crippen LogP contribution in [-0.4, -0.2) is 31.7 Å². The van der Waals surface area contributed by atoms with Crippen LogP contribution < -0.4 is 0 Å². The predicted octanol–water partition coefficient (Wildman–Crippen LogP) is 11.6. The number of rotatable bonds is 28. The Morgan fingerprint density at radius 3 is 0.735 bits per heavy atom. The molecule has 34 heavy (non-hydrogen) atoms. The predicted molar refractivity (Wildman–Crippen MR) is 158 cm³/mol. The van der Waals surface area contributed by atoms with Crippen molar-refractivity contribution in [2.45, 2.75) is 193 Å². The maximum Gasteiger partial charge on any atom is 0.0884 e. The highest BCUT2D eigenvalue weighted by Crippen LogP contribution is 2.21. The number of nitrogens with zero attached hydrogens (tertiary/aromatic N) is 1. The molecular weight excluding hydrogens is 410 g/mol. The van der Waals surface area contributed by atoms with Crippen LogP contribution in [-0.2, 0) is 0 Å². The lowest BCUT2D eigenvalue weighted by atomic mass is 9.97. The topological polar surface area (TPSA) is 0 Å². The molecule has 0 aliphatic rings. The summed E-state index contributed by atoms with van der Waals surface area (Å²) in [6, 6.07) is 0.871. The van der Waals surface area contributed by atoms with Crippen LogP contribution in [0.2, 0.25) is 0 Å². The lowest BCUT2D eigenvalue weighted by molar-refractivity contribution is -0.896. The first-order valence-corrected chi connectivity index (χ1v) is 16.3. The van der Waals surface area contributed by atoms with Crippen molar-refractivity contribution >= 4 is 0 Å². The molecular formula is C33H70N+. The Hall–Kier alpha value is -0.0400. The lowest BCUT2D eigenvalue weighted by Gasteiger charge is -2.34. The van der Waals surface area contributed by atoms with E-state index < -0.39 is 0 Å². The fourth-order valence-corrected chi connectivity index (χ4v) is 5.54. The van der Waals surface area contributed by atoms with Crippen LogP contribution in [0.15, 0.2) is 0 Å². The normalized spacial score (nSPS) is 13.0. The number of hydrogen-bond acceptors (Lipinski definition) is 0. The Balaban J connectivity index is 3.55. The molecule has 0 radical (unpaired) electrons. The smallest absolute Gasteiger partial charge is 0.0884 e. The van der Waals surface area contributed by atoms with E-state index in [1.165, 1.54) is 173 Å². The summed E-state index contributed by atoms with van der Waals surface area (Å²) in [6.07, 6.45) is 39.4. The standard InChI is InChI=1S/C33H70N/c1-6-8-10-12-14-16-18-20-22-24-26-28-30-32-33(34(3,4)5)31-29-27-25-23-21-19-17-15-13-11-9-7-2/h33H,6-32H2,1-5H3/q+1. The molecule has 1 atom stereocenters. The van der Waals surface area contributed by atoms with Crippen LogP contribution >= 0.6 is 0 Å². The zero-order valence-corrected chi connectivity index (χ0v) is 25.1. The molecule has 0 aromatic rings. The number of quaternary nitrogens is 1. The molecule has 206 valence electrons. The quantitative estimate of drug-likeness (QED) is 0.0771. The molecule has 1 unspecified atom stereocenters. The third kappa shape index (κ3) is 25.1. The van der Waals surface area contributed by atoms with Crippen molar-refractivity contribution in [3.05, 3.63) is 0 Å². The van der Waals surface area contributed by atoms with E-state index in [2.05, 4.69) is 35.0 Å². The minimum absolute atomic E-state index is 0.871. The summed E-state index contributed by atoms with van der Waals surface area (Å²) in [5, 5.41) is 0. The Bertz CT molecular complexity index is 369. The summed E-state index contributed by atoms with van der Waals surface area (Å²) < 4.78 is 1.16. The summed E-state index contributed by atoms with van der Waals surface area (Å²) >= 11 is 0. The van der Waals surface area contributed by atoms with E-state index in [9.17, 15) is 0 Å². The monoisotopic (exact) mass is 481 g/mol. The van der Waals surface area contributed by atoms with Crippen molar-refractivity contribution in [2.24, 2.45) is 0 Å². The van der Waals surface area contributed by atoms with Crippen LogP contribution in [0.5, 0.6) is 0 Å². The van der Waals surface area contributed by atoms with Gasteiger partial charge in [0.2, 0.25) is 0 Å². The highest BCUT2D eigenvalue weighted by Gasteiger charge is 2.22. The molecule has 0 aromatic carbocycles. The van der Waals surface area contributed by atoms with Gasteiger partial charge in [-0.25, -0.2) is 0 Å².